The maximum absolute atomic E-state index is 10.4. The molecule has 5 N–H and O–H groups in total. The summed E-state index contributed by atoms with van der Waals surface area (Å²) in [5.74, 6) is -0.429. The van der Waals surface area contributed by atoms with E-state index in [0.29, 0.717) is 25.5 Å². The molecule has 21 heavy (non-hydrogen) atoms. The second-order valence-corrected chi connectivity index (χ2v) is 5.16. The summed E-state index contributed by atoms with van der Waals surface area (Å²) in [5.41, 5.74) is 11.3. The van der Waals surface area contributed by atoms with Crippen LogP contribution in [0.15, 0.2) is 30.3 Å². The second-order valence-electron chi connectivity index (χ2n) is 4.23. The van der Waals surface area contributed by atoms with Crippen molar-refractivity contribution in [2.24, 2.45) is 11.5 Å². The number of hydrogen-bond acceptors (Lipinski definition) is 5. The topological polar surface area (TPSA) is 119 Å². The number of nitrogens with zero attached hydrogens (tertiary/aromatic N) is 1. The molecule has 2 amide bonds. The van der Waals surface area contributed by atoms with Gasteiger partial charge in [0.05, 0.1) is 13.2 Å². The van der Waals surface area contributed by atoms with Crippen LogP contribution >= 0.6 is 11.9 Å². The van der Waals surface area contributed by atoms with Crippen LogP contribution in [-0.4, -0.2) is 46.5 Å². The Morgan fingerprint density at radius 2 is 2.05 bits per heavy atom. The Bertz CT molecular complexity index is 452. The Labute approximate surface area is 127 Å². The van der Waals surface area contributed by atoms with Crippen molar-refractivity contribution in [3.8, 4) is 0 Å². The molecule has 2 rings (SSSR count). The van der Waals surface area contributed by atoms with Gasteiger partial charge in [-0.2, -0.15) is 0 Å². The number of aliphatic carboxylic acids is 1. The largest absolute Gasteiger partial charge is 0.480 e. The van der Waals surface area contributed by atoms with Crippen molar-refractivity contribution in [3.05, 3.63) is 35.9 Å². The number of rotatable bonds is 3. The van der Waals surface area contributed by atoms with Crippen molar-refractivity contribution in [3.63, 3.8) is 0 Å². The highest BCUT2D eigenvalue weighted by atomic mass is 32.2. The molecule has 1 aromatic rings. The highest BCUT2D eigenvalue weighted by molar-refractivity contribution is 7.97. The third-order valence-corrected chi connectivity index (χ3v) is 3.54. The smallest absolute Gasteiger partial charge is 0.324 e. The first-order valence-corrected chi connectivity index (χ1v) is 7.25. The minimum Gasteiger partial charge on any atom is -0.480 e. The molecule has 0 bridgehead atoms. The van der Waals surface area contributed by atoms with Gasteiger partial charge in [0.25, 0.3) is 0 Å². The summed E-state index contributed by atoms with van der Waals surface area (Å²) >= 11 is 1.31. The SMILES string of the molecule is NC(=O)N1CCOCS1.N[C@@H](Cc1ccccc1)C(=O)O. The van der Waals surface area contributed by atoms with Gasteiger partial charge in [-0.25, -0.2) is 4.79 Å². The minimum absolute atomic E-state index is 0.385. The van der Waals surface area contributed by atoms with Crippen LogP contribution in [0.5, 0.6) is 0 Å². The molecule has 1 heterocycles. The van der Waals surface area contributed by atoms with E-state index in [1.807, 2.05) is 30.3 Å². The van der Waals surface area contributed by atoms with Crippen molar-refractivity contribution in [2.75, 3.05) is 19.1 Å². The molecule has 1 saturated heterocycles. The summed E-state index contributed by atoms with van der Waals surface area (Å²) in [4.78, 5) is 20.8. The van der Waals surface area contributed by atoms with Crippen LogP contribution in [-0.2, 0) is 16.0 Å². The first-order chi connectivity index (χ1) is 10.0. The van der Waals surface area contributed by atoms with Gasteiger partial charge in [-0.05, 0) is 23.9 Å². The van der Waals surface area contributed by atoms with Crippen molar-refractivity contribution < 1.29 is 19.4 Å². The van der Waals surface area contributed by atoms with E-state index in [2.05, 4.69) is 0 Å². The second kappa shape index (κ2) is 9.22. The molecule has 0 spiro atoms. The quantitative estimate of drug-likeness (QED) is 0.705. The molecule has 0 radical (unpaired) electrons. The first kappa shape index (κ1) is 17.3. The lowest BCUT2D eigenvalue weighted by molar-refractivity contribution is -0.138. The molecule has 1 aliphatic heterocycles. The maximum Gasteiger partial charge on any atom is 0.324 e. The van der Waals surface area contributed by atoms with Gasteiger partial charge in [0.2, 0.25) is 0 Å². The number of carbonyl (C=O) groups excluding carboxylic acids is 1. The molecule has 0 aliphatic carbocycles. The average Bonchev–Trinajstić information content (AvgIpc) is 2.49. The number of hydrogen-bond donors (Lipinski definition) is 3. The summed E-state index contributed by atoms with van der Waals surface area (Å²) in [6, 6.07) is 8.16. The zero-order valence-electron chi connectivity index (χ0n) is 11.5. The lowest BCUT2D eigenvalue weighted by Crippen LogP contribution is -2.35. The van der Waals surface area contributed by atoms with E-state index in [-0.39, 0.29) is 6.03 Å². The number of benzene rings is 1. The summed E-state index contributed by atoms with van der Waals surface area (Å²) in [5, 5.41) is 8.52. The van der Waals surface area contributed by atoms with Crippen LogP contribution in [0.2, 0.25) is 0 Å². The number of nitrogens with two attached hydrogens (primary N) is 2. The molecule has 7 nitrogen and oxygen atoms in total. The normalized spacial score (nSPS) is 15.6. The Kier molecular flexibility index (Phi) is 7.59. The van der Waals surface area contributed by atoms with E-state index in [1.165, 1.54) is 16.3 Å². The van der Waals surface area contributed by atoms with Gasteiger partial charge in [0.1, 0.15) is 12.0 Å². The van der Waals surface area contributed by atoms with E-state index in [1.54, 1.807) is 0 Å². The zero-order chi connectivity index (χ0) is 15.7. The van der Waals surface area contributed by atoms with E-state index in [4.69, 9.17) is 21.3 Å². The lowest BCUT2D eigenvalue weighted by Gasteiger charge is -2.22. The van der Waals surface area contributed by atoms with Gasteiger partial charge < -0.3 is 21.3 Å². The number of ether oxygens (including phenoxy) is 1. The third-order valence-electron chi connectivity index (χ3n) is 2.59. The standard InChI is InChI=1S/C9H11NO2.C4H8N2O2S/c10-8(9(11)12)6-7-4-2-1-3-5-7;5-4(7)6-1-2-8-3-9-6/h1-5,8H,6,10H2,(H,11,12);1-3H2,(H2,5,7)/t8-;/m0./s1. The lowest BCUT2D eigenvalue weighted by atomic mass is 10.1. The van der Waals surface area contributed by atoms with E-state index in [0.717, 1.165) is 5.56 Å². The van der Waals surface area contributed by atoms with Crippen molar-refractivity contribution in [1.29, 1.82) is 0 Å². The number of carboxylic acids is 1. The molecule has 0 unspecified atom stereocenters. The van der Waals surface area contributed by atoms with E-state index < -0.39 is 12.0 Å². The Hall–Kier alpha value is -1.77. The molecule has 1 atom stereocenters. The van der Waals surface area contributed by atoms with E-state index in [9.17, 15) is 9.59 Å². The number of amides is 2. The maximum atomic E-state index is 10.4. The summed E-state index contributed by atoms with van der Waals surface area (Å²) in [7, 11) is 0. The van der Waals surface area contributed by atoms with Crippen LogP contribution < -0.4 is 11.5 Å². The van der Waals surface area contributed by atoms with Gasteiger partial charge in [0, 0.05) is 0 Å². The monoisotopic (exact) mass is 313 g/mol. The zero-order valence-corrected chi connectivity index (χ0v) is 12.3. The predicted octanol–water partition coefficient (Wildman–Crippen LogP) is 0.644. The highest BCUT2D eigenvalue weighted by Crippen LogP contribution is 2.13. The van der Waals surface area contributed by atoms with Crippen molar-refractivity contribution in [1.82, 2.24) is 4.31 Å². The van der Waals surface area contributed by atoms with Gasteiger partial charge in [-0.15, -0.1) is 0 Å². The Morgan fingerprint density at radius 1 is 1.38 bits per heavy atom. The summed E-state index contributed by atoms with van der Waals surface area (Å²) < 4.78 is 6.45. The van der Waals surface area contributed by atoms with Gasteiger partial charge in [-0.3, -0.25) is 9.10 Å². The molecule has 0 aromatic heterocycles. The number of primary amides is 1. The third kappa shape index (κ3) is 6.98. The van der Waals surface area contributed by atoms with Crippen LogP contribution in [0.4, 0.5) is 4.79 Å². The van der Waals surface area contributed by atoms with Crippen LogP contribution in [0.25, 0.3) is 0 Å². The molecule has 1 aromatic carbocycles. The number of urea groups is 1. The minimum atomic E-state index is -0.959. The molecule has 1 aliphatic rings. The fraction of sp³-hybridized carbons (Fsp3) is 0.385. The fourth-order valence-corrected chi connectivity index (χ4v) is 2.15. The van der Waals surface area contributed by atoms with E-state index >= 15 is 0 Å². The van der Waals surface area contributed by atoms with Crippen molar-refractivity contribution >= 4 is 23.9 Å². The van der Waals surface area contributed by atoms with Crippen LogP contribution in [0.1, 0.15) is 5.56 Å². The van der Waals surface area contributed by atoms with Gasteiger partial charge in [-0.1, -0.05) is 30.3 Å². The summed E-state index contributed by atoms with van der Waals surface area (Å²) in [6.45, 7) is 1.19. The van der Waals surface area contributed by atoms with Gasteiger partial charge in [0.15, 0.2) is 0 Å². The highest BCUT2D eigenvalue weighted by Gasteiger charge is 2.13. The predicted molar refractivity (Wildman–Crippen MR) is 80.5 cm³/mol. The molecule has 116 valence electrons. The fourth-order valence-electron chi connectivity index (χ4n) is 1.50. The first-order valence-electron chi connectivity index (χ1n) is 6.30. The van der Waals surface area contributed by atoms with Crippen LogP contribution in [0.3, 0.4) is 0 Å². The summed E-state index contributed by atoms with van der Waals surface area (Å²) in [6.07, 6.45) is 0.385. The molecular formula is C13H19N3O4S. The average molecular weight is 313 g/mol. The molecule has 8 heteroatoms. The molecule has 0 saturated carbocycles. The van der Waals surface area contributed by atoms with Crippen LogP contribution in [0, 0.1) is 0 Å². The number of carboxylic acid groups (broad SMARTS) is 1. The van der Waals surface area contributed by atoms with Crippen molar-refractivity contribution in [2.45, 2.75) is 12.5 Å². The Morgan fingerprint density at radius 3 is 2.48 bits per heavy atom. The molecule has 1 fully saturated rings. The van der Waals surface area contributed by atoms with Gasteiger partial charge >= 0.3 is 12.0 Å². The Balaban J connectivity index is 0.000000219. The number of carbonyl (C=O) groups is 2. The molecular weight excluding hydrogens is 294 g/mol.